The SMILES string of the molecule is CN1CCN(c2ccc(C3(C(=O)O)CCCC3)cc2)C1=O. The van der Waals surface area contributed by atoms with E-state index >= 15 is 0 Å². The molecule has 1 aromatic rings. The minimum absolute atomic E-state index is 0.00318. The zero-order valence-corrected chi connectivity index (χ0v) is 12.2. The summed E-state index contributed by atoms with van der Waals surface area (Å²) in [5, 5.41) is 9.60. The molecule has 0 unspecified atom stereocenters. The molecule has 0 bridgehead atoms. The van der Waals surface area contributed by atoms with E-state index in [1.165, 1.54) is 0 Å². The van der Waals surface area contributed by atoms with E-state index in [0.29, 0.717) is 19.4 Å². The molecular formula is C16H20N2O3. The summed E-state index contributed by atoms with van der Waals surface area (Å²) in [5.74, 6) is -0.732. The van der Waals surface area contributed by atoms with Crippen LogP contribution in [0.5, 0.6) is 0 Å². The number of carboxylic acids is 1. The van der Waals surface area contributed by atoms with E-state index in [4.69, 9.17) is 0 Å². The van der Waals surface area contributed by atoms with Crippen molar-refractivity contribution in [2.45, 2.75) is 31.1 Å². The lowest BCUT2D eigenvalue weighted by atomic mass is 9.79. The third kappa shape index (κ3) is 2.17. The molecule has 21 heavy (non-hydrogen) atoms. The quantitative estimate of drug-likeness (QED) is 0.929. The number of amides is 2. The molecule has 0 atom stereocenters. The van der Waals surface area contributed by atoms with Crippen LogP contribution in [0.3, 0.4) is 0 Å². The summed E-state index contributed by atoms with van der Waals surface area (Å²) in [6.45, 7) is 1.40. The van der Waals surface area contributed by atoms with Crippen LogP contribution in [0.25, 0.3) is 0 Å². The van der Waals surface area contributed by atoms with E-state index in [-0.39, 0.29) is 6.03 Å². The fourth-order valence-corrected chi connectivity index (χ4v) is 3.45. The summed E-state index contributed by atoms with van der Waals surface area (Å²) in [4.78, 5) is 27.1. The molecule has 2 aliphatic rings. The van der Waals surface area contributed by atoms with Gasteiger partial charge < -0.3 is 10.0 Å². The highest BCUT2D eigenvalue weighted by Gasteiger charge is 2.42. The summed E-state index contributed by atoms with van der Waals surface area (Å²) in [6, 6.07) is 7.49. The van der Waals surface area contributed by atoms with Crippen molar-refractivity contribution in [3.63, 3.8) is 0 Å². The van der Waals surface area contributed by atoms with Gasteiger partial charge in [-0.15, -0.1) is 0 Å². The van der Waals surface area contributed by atoms with Gasteiger partial charge in [0.05, 0.1) is 5.41 Å². The zero-order chi connectivity index (χ0) is 15.0. The summed E-state index contributed by atoms with van der Waals surface area (Å²) < 4.78 is 0. The molecule has 2 fully saturated rings. The Hall–Kier alpha value is -2.04. The van der Waals surface area contributed by atoms with Crippen LogP contribution in [0.1, 0.15) is 31.2 Å². The number of likely N-dealkylation sites (N-methyl/N-ethyl adjacent to an activating group) is 1. The third-order valence-corrected chi connectivity index (χ3v) is 4.81. The van der Waals surface area contributed by atoms with Crippen LogP contribution < -0.4 is 4.90 Å². The van der Waals surface area contributed by atoms with Crippen LogP contribution in [-0.4, -0.2) is 42.1 Å². The second-order valence-corrected chi connectivity index (χ2v) is 6.00. The van der Waals surface area contributed by atoms with E-state index in [9.17, 15) is 14.7 Å². The summed E-state index contributed by atoms with van der Waals surface area (Å²) in [7, 11) is 1.79. The Kier molecular flexibility index (Phi) is 3.35. The molecule has 1 aromatic carbocycles. The number of carbonyl (C=O) groups is 2. The first kappa shape index (κ1) is 13.9. The van der Waals surface area contributed by atoms with Crippen molar-refractivity contribution in [2.24, 2.45) is 0 Å². The van der Waals surface area contributed by atoms with Crippen LogP contribution in [0.15, 0.2) is 24.3 Å². The molecule has 1 aliphatic carbocycles. The van der Waals surface area contributed by atoms with E-state index in [0.717, 1.165) is 30.6 Å². The number of rotatable bonds is 3. The molecule has 0 spiro atoms. The number of anilines is 1. The normalized spacial score (nSPS) is 21.1. The molecule has 1 saturated heterocycles. The Labute approximate surface area is 124 Å². The Morgan fingerprint density at radius 3 is 2.24 bits per heavy atom. The van der Waals surface area contributed by atoms with E-state index in [2.05, 4.69) is 0 Å². The zero-order valence-electron chi connectivity index (χ0n) is 12.2. The van der Waals surface area contributed by atoms with Gasteiger partial charge >= 0.3 is 12.0 Å². The molecule has 5 nitrogen and oxygen atoms in total. The van der Waals surface area contributed by atoms with Gasteiger partial charge in [-0.1, -0.05) is 25.0 Å². The molecule has 0 aromatic heterocycles. The third-order valence-electron chi connectivity index (χ3n) is 4.81. The van der Waals surface area contributed by atoms with Crippen molar-refractivity contribution < 1.29 is 14.7 Å². The topological polar surface area (TPSA) is 60.9 Å². The smallest absolute Gasteiger partial charge is 0.324 e. The van der Waals surface area contributed by atoms with Crippen LogP contribution >= 0.6 is 0 Å². The van der Waals surface area contributed by atoms with Gasteiger partial charge in [0, 0.05) is 25.8 Å². The Balaban J connectivity index is 1.87. The van der Waals surface area contributed by atoms with Crippen LogP contribution in [-0.2, 0) is 10.2 Å². The van der Waals surface area contributed by atoms with Gasteiger partial charge in [-0.05, 0) is 30.5 Å². The monoisotopic (exact) mass is 288 g/mol. The van der Waals surface area contributed by atoms with E-state index in [1.54, 1.807) is 16.8 Å². The van der Waals surface area contributed by atoms with E-state index in [1.807, 2.05) is 24.3 Å². The Bertz CT molecular complexity index is 561. The molecule has 1 N–H and O–H groups in total. The maximum absolute atomic E-state index is 12.0. The molecular weight excluding hydrogens is 268 g/mol. The highest BCUT2D eigenvalue weighted by Crippen LogP contribution is 2.41. The summed E-state index contributed by atoms with van der Waals surface area (Å²) in [6.07, 6.45) is 3.33. The molecule has 5 heteroatoms. The second-order valence-electron chi connectivity index (χ2n) is 6.00. The number of hydrogen-bond acceptors (Lipinski definition) is 2. The van der Waals surface area contributed by atoms with Crippen molar-refractivity contribution in [3.8, 4) is 0 Å². The van der Waals surface area contributed by atoms with Crippen LogP contribution in [0.4, 0.5) is 10.5 Å². The predicted molar refractivity (Wildman–Crippen MR) is 79.6 cm³/mol. The van der Waals surface area contributed by atoms with Gasteiger partial charge in [0.2, 0.25) is 0 Å². The average molecular weight is 288 g/mol. The molecule has 0 radical (unpaired) electrons. The fraction of sp³-hybridized carbons (Fsp3) is 0.500. The molecule has 1 heterocycles. The maximum Gasteiger partial charge on any atom is 0.324 e. The number of hydrogen-bond donors (Lipinski definition) is 1. The van der Waals surface area contributed by atoms with Crippen molar-refractivity contribution >= 4 is 17.7 Å². The number of nitrogens with zero attached hydrogens (tertiary/aromatic N) is 2. The van der Waals surface area contributed by atoms with Crippen LogP contribution in [0, 0.1) is 0 Å². The average Bonchev–Trinajstić information content (AvgIpc) is 3.09. The van der Waals surface area contributed by atoms with Crippen molar-refractivity contribution in [1.82, 2.24) is 4.90 Å². The minimum Gasteiger partial charge on any atom is -0.481 e. The predicted octanol–water partition coefficient (Wildman–Crippen LogP) is 2.45. The number of benzene rings is 1. The number of aliphatic carboxylic acids is 1. The maximum atomic E-state index is 12.0. The molecule has 1 saturated carbocycles. The highest BCUT2D eigenvalue weighted by molar-refractivity contribution is 5.94. The van der Waals surface area contributed by atoms with E-state index < -0.39 is 11.4 Å². The second kappa shape index (κ2) is 5.06. The number of urea groups is 1. The first-order valence-corrected chi connectivity index (χ1v) is 7.41. The minimum atomic E-state index is -0.732. The molecule has 2 amide bonds. The first-order chi connectivity index (χ1) is 10.0. The highest BCUT2D eigenvalue weighted by atomic mass is 16.4. The Morgan fingerprint density at radius 1 is 1.14 bits per heavy atom. The van der Waals surface area contributed by atoms with Crippen molar-refractivity contribution in [2.75, 3.05) is 25.0 Å². The van der Waals surface area contributed by atoms with Crippen LogP contribution in [0.2, 0.25) is 0 Å². The molecule has 1 aliphatic heterocycles. The first-order valence-electron chi connectivity index (χ1n) is 7.41. The van der Waals surface area contributed by atoms with Gasteiger partial charge in [0.25, 0.3) is 0 Å². The fourth-order valence-electron chi connectivity index (χ4n) is 3.45. The molecule has 112 valence electrons. The van der Waals surface area contributed by atoms with Gasteiger partial charge in [-0.2, -0.15) is 0 Å². The summed E-state index contributed by atoms with van der Waals surface area (Å²) >= 11 is 0. The lowest BCUT2D eigenvalue weighted by Crippen LogP contribution is -2.33. The standard InChI is InChI=1S/C16H20N2O3/c1-17-10-11-18(15(17)21)13-6-4-12(5-7-13)16(14(19)20)8-2-3-9-16/h4-7H,2-3,8-11H2,1H3,(H,19,20). The van der Waals surface area contributed by atoms with Gasteiger partial charge in [-0.25, -0.2) is 4.79 Å². The lowest BCUT2D eigenvalue weighted by molar-refractivity contribution is -0.143. The number of carbonyl (C=O) groups excluding carboxylic acids is 1. The van der Waals surface area contributed by atoms with Gasteiger partial charge in [-0.3, -0.25) is 9.69 Å². The molecule has 3 rings (SSSR count). The van der Waals surface area contributed by atoms with Gasteiger partial charge in [0.15, 0.2) is 0 Å². The summed E-state index contributed by atoms with van der Waals surface area (Å²) in [5.41, 5.74) is 0.965. The largest absolute Gasteiger partial charge is 0.481 e. The lowest BCUT2D eigenvalue weighted by Gasteiger charge is -2.25. The van der Waals surface area contributed by atoms with Crippen molar-refractivity contribution in [3.05, 3.63) is 29.8 Å². The van der Waals surface area contributed by atoms with Crippen molar-refractivity contribution in [1.29, 1.82) is 0 Å². The van der Waals surface area contributed by atoms with Gasteiger partial charge in [0.1, 0.15) is 0 Å². The Morgan fingerprint density at radius 2 is 1.76 bits per heavy atom. The number of carboxylic acid groups (broad SMARTS) is 1.